The molecule has 0 amide bonds. The van der Waals surface area contributed by atoms with Gasteiger partial charge in [0.2, 0.25) is 0 Å². The number of aryl methyl sites for hydroxylation is 1. The molecule has 9 heteroatoms. The number of esters is 2. The minimum absolute atomic E-state index is 0.0256. The van der Waals surface area contributed by atoms with Gasteiger partial charge >= 0.3 is 11.9 Å². The van der Waals surface area contributed by atoms with Gasteiger partial charge in [-0.25, -0.2) is 14.6 Å². The topological polar surface area (TPSA) is 107 Å². The third kappa shape index (κ3) is 3.29. The van der Waals surface area contributed by atoms with Gasteiger partial charge < -0.3 is 19.1 Å². The van der Waals surface area contributed by atoms with Crippen molar-refractivity contribution in [3.05, 3.63) is 41.4 Å². The van der Waals surface area contributed by atoms with E-state index in [9.17, 15) is 9.59 Å². The van der Waals surface area contributed by atoms with E-state index >= 15 is 0 Å². The molecule has 1 aliphatic rings. The molecule has 3 rings (SSSR count). The number of benzene rings is 1. The molecular formula is C17H18N4O5. The molecule has 9 nitrogen and oxygen atoms in total. The van der Waals surface area contributed by atoms with Gasteiger partial charge in [-0.2, -0.15) is 5.10 Å². The maximum atomic E-state index is 12.3. The monoisotopic (exact) mass is 358 g/mol. The first kappa shape index (κ1) is 17.6. The quantitative estimate of drug-likeness (QED) is 0.812. The van der Waals surface area contributed by atoms with Crippen molar-refractivity contribution in [3.8, 4) is 11.4 Å². The summed E-state index contributed by atoms with van der Waals surface area (Å²) in [5, 5.41) is 6.90. The Labute approximate surface area is 149 Å². The molecule has 2 aromatic rings. The lowest BCUT2D eigenvalue weighted by Gasteiger charge is -2.31. The Morgan fingerprint density at radius 1 is 1.15 bits per heavy atom. The van der Waals surface area contributed by atoms with E-state index in [1.54, 1.807) is 17.0 Å². The molecule has 0 bridgehead atoms. The van der Waals surface area contributed by atoms with Crippen molar-refractivity contribution in [2.45, 2.75) is 6.92 Å². The molecule has 26 heavy (non-hydrogen) atoms. The van der Waals surface area contributed by atoms with E-state index in [0.29, 0.717) is 17.3 Å². The Kier molecular flexibility index (Phi) is 4.99. The van der Waals surface area contributed by atoms with E-state index in [2.05, 4.69) is 15.2 Å². The van der Waals surface area contributed by atoms with E-state index in [1.165, 1.54) is 14.2 Å². The fourth-order valence-corrected chi connectivity index (χ4v) is 2.61. The Morgan fingerprint density at radius 2 is 1.85 bits per heavy atom. The van der Waals surface area contributed by atoms with Crippen LogP contribution in [0.25, 0.3) is 11.4 Å². The van der Waals surface area contributed by atoms with Crippen LogP contribution in [0.15, 0.2) is 35.5 Å². The molecular weight excluding hydrogens is 340 g/mol. The van der Waals surface area contributed by atoms with Crippen LogP contribution in [0, 0.1) is 6.92 Å². The Morgan fingerprint density at radius 3 is 2.42 bits per heavy atom. The van der Waals surface area contributed by atoms with Gasteiger partial charge in [0.05, 0.1) is 26.4 Å². The first-order chi connectivity index (χ1) is 12.5. The van der Waals surface area contributed by atoms with Crippen molar-refractivity contribution in [1.29, 1.82) is 0 Å². The van der Waals surface area contributed by atoms with E-state index in [0.717, 1.165) is 5.56 Å². The number of nitrogens with one attached hydrogen (secondary N) is 1. The number of nitrogens with zero attached hydrogens (tertiary/aromatic N) is 3. The second-order valence-corrected chi connectivity index (χ2v) is 5.51. The number of carbonyl (C=O) groups is 2. The van der Waals surface area contributed by atoms with Crippen LogP contribution in [0.3, 0.4) is 0 Å². The van der Waals surface area contributed by atoms with Gasteiger partial charge in [0.25, 0.3) is 0 Å². The lowest BCUT2D eigenvalue weighted by Crippen LogP contribution is -2.38. The van der Waals surface area contributed by atoms with Gasteiger partial charge in [-0.15, -0.1) is 0 Å². The summed E-state index contributed by atoms with van der Waals surface area (Å²) < 4.78 is 15.0. The first-order valence-electron chi connectivity index (χ1n) is 7.79. The number of hydrogen-bond donors (Lipinski definition) is 1. The molecule has 136 valence electrons. The van der Waals surface area contributed by atoms with E-state index in [4.69, 9.17) is 14.2 Å². The largest absolute Gasteiger partial charge is 0.466 e. The van der Waals surface area contributed by atoms with E-state index < -0.39 is 11.9 Å². The molecule has 1 N–H and O–H groups in total. The summed E-state index contributed by atoms with van der Waals surface area (Å²) in [6, 6.07) is 7.21. The van der Waals surface area contributed by atoms with Crippen LogP contribution >= 0.6 is 0 Å². The molecule has 0 fully saturated rings. The normalized spacial score (nSPS) is 14.3. The molecule has 0 unspecified atom stereocenters. The predicted molar refractivity (Wildman–Crippen MR) is 90.9 cm³/mol. The highest BCUT2D eigenvalue weighted by atomic mass is 16.5. The zero-order valence-corrected chi connectivity index (χ0v) is 14.6. The number of aromatic amines is 1. The molecule has 0 aliphatic carbocycles. The maximum Gasteiger partial charge on any atom is 0.355 e. The standard InChI is InChI=1S/C17H18N4O5/c1-10-18-15(20-19-10)11-4-6-12(7-5-11)21-9-26-8-13(16(22)24-2)14(21)17(23)25-3/h4-7H,8-9H2,1-3H3,(H,18,19,20). The molecule has 0 spiro atoms. The van der Waals surface area contributed by atoms with Crippen LogP contribution in [-0.2, 0) is 23.8 Å². The van der Waals surface area contributed by atoms with Crippen LogP contribution < -0.4 is 4.90 Å². The maximum absolute atomic E-state index is 12.3. The zero-order chi connectivity index (χ0) is 18.7. The van der Waals surface area contributed by atoms with Crippen molar-refractivity contribution in [2.24, 2.45) is 0 Å². The van der Waals surface area contributed by atoms with Gasteiger partial charge in [-0.05, 0) is 31.2 Å². The number of rotatable bonds is 4. The van der Waals surface area contributed by atoms with Gasteiger partial charge in [-0.1, -0.05) is 0 Å². The number of ether oxygens (including phenoxy) is 3. The molecule has 1 aromatic heterocycles. The molecule has 0 radical (unpaired) electrons. The number of hydrogen-bond acceptors (Lipinski definition) is 8. The highest BCUT2D eigenvalue weighted by Gasteiger charge is 2.32. The summed E-state index contributed by atoms with van der Waals surface area (Å²) in [6.45, 7) is 1.89. The lowest BCUT2D eigenvalue weighted by molar-refractivity contribution is -0.140. The SMILES string of the molecule is COC(=O)C1=C(C(=O)OC)N(c2ccc(-c3n[nH]c(C)n3)cc2)COC1. The minimum atomic E-state index is -0.637. The molecule has 0 saturated carbocycles. The van der Waals surface area contributed by atoms with Gasteiger partial charge in [0.15, 0.2) is 5.82 Å². The van der Waals surface area contributed by atoms with Gasteiger partial charge in [0.1, 0.15) is 18.3 Å². The Hall–Kier alpha value is -3.20. The van der Waals surface area contributed by atoms with Crippen molar-refractivity contribution in [1.82, 2.24) is 15.2 Å². The van der Waals surface area contributed by atoms with Crippen molar-refractivity contribution in [2.75, 3.05) is 32.5 Å². The van der Waals surface area contributed by atoms with Gasteiger partial charge in [0, 0.05) is 11.3 Å². The van der Waals surface area contributed by atoms with Crippen LogP contribution in [-0.4, -0.2) is 54.7 Å². The summed E-state index contributed by atoms with van der Waals surface area (Å²) in [4.78, 5) is 30.1. The highest BCUT2D eigenvalue weighted by molar-refractivity contribution is 6.03. The van der Waals surface area contributed by atoms with Crippen molar-refractivity contribution in [3.63, 3.8) is 0 Å². The molecule has 0 atom stereocenters. The Bertz CT molecular complexity index is 856. The highest BCUT2D eigenvalue weighted by Crippen LogP contribution is 2.28. The van der Waals surface area contributed by atoms with Gasteiger partial charge in [-0.3, -0.25) is 5.10 Å². The summed E-state index contributed by atoms with van der Waals surface area (Å²) in [7, 11) is 2.50. The molecule has 2 heterocycles. The smallest absolute Gasteiger partial charge is 0.355 e. The third-order valence-electron chi connectivity index (χ3n) is 3.87. The fraction of sp³-hybridized carbons (Fsp3) is 0.294. The summed E-state index contributed by atoms with van der Waals surface area (Å²) in [5.41, 5.74) is 1.68. The Balaban J connectivity index is 1.98. The summed E-state index contributed by atoms with van der Waals surface area (Å²) in [6.07, 6.45) is 0. The van der Waals surface area contributed by atoms with E-state index in [-0.39, 0.29) is 24.6 Å². The average Bonchev–Trinajstić information content (AvgIpc) is 3.12. The number of H-pyrrole nitrogens is 1. The number of aromatic nitrogens is 3. The number of anilines is 1. The van der Waals surface area contributed by atoms with E-state index in [1.807, 2.05) is 19.1 Å². The molecule has 1 aliphatic heterocycles. The second kappa shape index (κ2) is 7.36. The average molecular weight is 358 g/mol. The molecule has 0 saturated heterocycles. The van der Waals surface area contributed by atoms with Crippen LogP contribution in [0.4, 0.5) is 5.69 Å². The van der Waals surface area contributed by atoms with Crippen molar-refractivity contribution < 1.29 is 23.8 Å². The number of carbonyl (C=O) groups excluding carboxylic acids is 2. The minimum Gasteiger partial charge on any atom is -0.466 e. The predicted octanol–water partition coefficient (Wildman–Crippen LogP) is 1.17. The first-order valence-corrected chi connectivity index (χ1v) is 7.79. The zero-order valence-electron chi connectivity index (χ0n) is 14.6. The lowest BCUT2D eigenvalue weighted by atomic mass is 10.1. The van der Waals surface area contributed by atoms with Crippen molar-refractivity contribution >= 4 is 17.6 Å². The second-order valence-electron chi connectivity index (χ2n) is 5.51. The third-order valence-corrected chi connectivity index (χ3v) is 3.87. The molecule has 1 aromatic carbocycles. The fourth-order valence-electron chi connectivity index (χ4n) is 2.61. The van der Waals surface area contributed by atoms with Crippen LogP contribution in [0.1, 0.15) is 5.82 Å². The van der Waals surface area contributed by atoms with Crippen LogP contribution in [0.5, 0.6) is 0 Å². The summed E-state index contributed by atoms with van der Waals surface area (Å²) >= 11 is 0. The number of methoxy groups -OCH3 is 2. The van der Waals surface area contributed by atoms with Crippen LogP contribution in [0.2, 0.25) is 0 Å². The summed E-state index contributed by atoms with van der Waals surface area (Å²) in [5.74, 6) is 0.0142.